The van der Waals surface area contributed by atoms with E-state index >= 15 is 0 Å². The standard InChI is InChI=1S/C46H56N4S10/c1-5-9-13-17-21-29-25-51-41(47-29)37-33-34(38(55-37)42-48-30(26-52-42)22-18-14-10-6-2)58-45(57-33)46-59-35-36(60-46)40(44-50-32(28-54-44)24-20-16-12-8-4)56-39(35)43-49-31(27-53-43)23-19-15-11-7-3/h25-28H,5-24H2,1-4H3. The molecule has 0 aromatic carbocycles. The maximum atomic E-state index is 5.27. The fourth-order valence-corrected chi connectivity index (χ4v) is 20.3. The second-order valence-electron chi connectivity index (χ2n) is 15.6. The highest BCUT2D eigenvalue weighted by atomic mass is 32.2. The smallest absolute Gasteiger partial charge is 0.134 e. The van der Waals surface area contributed by atoms with Crippen LogP contribution in [0.2, 0.25) is 0 Å². The number of unbranched alkanes of at least 4 members (excludes halogenated alkanes) is 12. The molecule has 2 aliphatic rings. The van der Waals surface area contributed by atoms with Crippen molar-refractivity contribution in [1.29, 1.82) is 0 Å². The van der Waals surface area contributed by atoms with Crippen molar-refractivity contribution in [3.05, 3.63) is 52.8 Å². The number of thioether (sulfide) groups is 4. The summed E-state index contributed by atoms with van der Waals surface area (Å²) in [5.74, 6) is 0. The first-order valence-electron chi connectivity index (χ1n) is 22.1. The van der Waals surface area contributed by atoms with Crippen LogP contribution in [0.25, 0.3) is 39.5 Å². The van der Waals surface area contributed by atoms with Crippen LogP contribution < -0.4 is 0 Å². The van der Waals surface area contributed by atoms with Crippen LogP contribution in [-0.4, -0.2) is 19.9 Å². The number of thiazole rings is 4. The first-order valence-corrected chi connectivity index (χ1v) is 30.6. The molecule has 0 amide bonds. The van der Waals surface area contributed by atoms with Gasteiger partial charge in [0.1, 0.15) is 20.0 Å². The molecule has 0 N–H and O–H groups in total. The van der Waals surface area contributed by atoms with Gasteiger partial charge in [0, 0.05) is 41.1 Å². The van der Waals surface area contributed by atoms with Gasteiger partial charge >= 0.3 is 0 Å². The van der Waals surface area contributed by atoms with Crippen molar-refractivity contribution in [1.82, 2.24) is 19.9 Å². The van der Waals surface area contributed by atoms with Crippen molar-refractivity contribution in [3.63, 3.8) is 0 Å². The topological polar surface area (TPSA) is 51.6 Å². The van der Waals surface area contributed by atoms with Crippen LogP contribution in [0.15, 0.2) is 49.6 Å². The minimum Gasteiger partial charge on any atom is -0.240 e. The van der Waals surface area contributed by atoms with E-state index in [4.69, 9.17) is 19.9 Å². The molecule has 0 fully saturated rings. The van der Waals surface area contributed by atoms with E-state index in [1.807, 2.05) is 115 Å². The van der Waals surface area contributed by atoms with Gasteiger partial charge in [0.05, 0.1) is 50.8 Å². The molecule has 0 saturated heterocycles. The van der Waals surface area contributed by atoms with Crippen LogP contribution in [-0.2, 0) is 25.7 Å². The Bertz CT molecular complexity index is 2020. The molecule has 8 heterocycles. The second kappa shape index (κ2) is 22.8. The summed E-state index contributed by atoms with van der Waals surface area (Å²) in [7, 11) is 0. The number of fused-ring (bicyclic) bond motifs is 2. The largest absolute Gasteiger partial charge is 0.240 e. The minimum atomic E-state index is 1.07. The van der Waals surface area contributed by atoms with E-state index < -0.39 is 0 Å². The third-order valence-electron chi connectivity index (χ3n) is 10.7. The van der Waals surface area contributed by atoms with E-state index in [0.29, 0.717) is 0 Å². The Hall–Kier alpha value is -0.940. The van der Waals surface area contributed by atoms with Gasteiger partial charge in [0.15, 0.2) is 0 Å². The Morgan fingerprint density at radius 1 is 0.333 bits per heavy atom. The van der Waals surface area contributed by atoms with Gasteiger partial charge in [-0.3, -0.25) is 0 Å². The van der Waals surface area contributed by atoms with E-state index in [2.05, 4.69) is 49.2 Å². The maximum absolute atomic E-state index is 5.27. The van der Waals surface area contributed by atoms with Crippen molar-refractivity contribution in [2.75, 3.05) is 0 Å². The van der Waals surface area contributed by atoms with Crippen molar-refractivity contribution >= 4 is 115 Å². The summed E-state index contributed by atoms with van der Waals surface area (Å²) in [6.07, 6.45) is 24.6. The zero-order valence-electron chi connectivity index (χ0n) is 35.3. The molecule has 0 saturated carbocycles. The molecule has 0 bridgehead atoms. The summed E-state index contributed by atoms with van der Waals surface area (Å²) in [5.41, 5.74) is 4.99. The zero-order chi connectivity index (χ0) is 41.3. The van der Waals surface area contributed by atoms with Crippen LogP contribution in [0.3, 0.4) is 0 Å². The fourth-order valence-electron chi connectivity index (χ4n) is 7.35. The molecule has 0 spiro atoms. The quantitative estimate of drug-likeness (QED) is 0.0556. The summed E-state index contributed by atoms with van der Waals surface area (Å²) >= 11 is 19.0. The average Bonchev–Trinajstić information content (AvgIpc) is 4.11. The molecule has 0 aliphatic carbocycles. The molecule has 320 valence electrons. The van der Waals surface area contributed by atoms with E-state index in [1.165, 1.54) is 193 Å². The second-order valence-corrected chi connectivity index (χ2v) is 25.7. The summed E-state index contributed by atoms with van der Waals surface area (Å²) in [6, 6.07) is 0. The predicted molar refractivity (Wildman–Crippen MR) is 275 cm³/mol. The molecular formula is C46H56N4S10. The van der Waals surface area contributed by atoms with Gasteiger partial charge in [-0.05, 0) is 51.4 Å². The van der Waals surface area contributed by atoms with Crippen molar-refractivity contribution in [2.45, 2.75) is 176 Å². The van der Waals surface area contributed by atoms with Crippen molar-refractivity contribution in [2.24, 2.45) is 0 Å². The highest BCUT2D eigenvalue weighted by Gasteiger charge is 2.37. The van der Waals surface area contributed by atoms with Crippen molar-refractivity contribution < 1.29 is 0 Å². The number of aromatic nitrogens is 4. The molecule has 0 unspecified atom stereocenters. The van der Waals surface area contributed by atoms with Crippen molar-refractivity contribution in [3.8, 4) is 39.5 Å². The number of thiophene rings is 2. The highest BCUT2D eigenvalue weighted by Crippen LogP contribution is 2.69. The summed E-state index contributed by atoms with van der Waals surface area (Å²) in [5, 5.41) is 13.9. The number of hydrogen-bond acceptors (Lipinski definition) is 14. The SMILES string of the molecule is CCCCCCc1csc(-c2sc(-c3nc(CCCCCC)cs3)c3c2SC(=C2Sc4c(-c5nc(CCCCCC)cs5)sc(-c5nc(CCCCCC)cs5)c4S2)S3)n1. The normalized spacial score (nSPS) is 13.7. The number of aryl methyl sites for hydroxylation is 4. The van der Waals surface area contributed by atoms with Gasteiger partial charge in [-0.1, -0.05) is 152 Å². The van der Waals surface area contributed by atoms with Gasteiger partial charge in [0.25, 0.3) is 0 Å². The van der Waals surface area contributed by atoms with E-state index in [-0.39, 0.29) is 0 Å². The Labute approximate surface area is 399 Å². The molecule has 14 heteroatoms. The lowest BCUT2D eigenvalue weighted by atomic mass is 10.1. The maximum Gasteiger partial charge on any atom is 0.134 e. The van der Waals surface area contributed by atoms with Crippen LogP contribution in [0, 0.1) is 0 Å². The molecule has 8 rings (SSSR count). The van der Waals surface area contributed by atoms with Crippen LogP contribution in [0.1, 0.15) is 153 Å². The first-order chi connectivity index (χ1) is 29.6. The molecule has 0 radical (unpaired) electrons. The number of rotatable bonds is 24. The number of hydrogen-bond donors (Lipinski definition) is 0. The lowest BCUT2D eigenvalue weighted by Gasteiger charge is -2.04. The van der Waals surface area contributed by atoms with Crippen LogP contribution in [0.5, 0.6) is 0 Å². The van der Waals surface area contributed by atoms with E-state index in [9.17, 15) is 0 Å². The summed E-state index contributed by atoms with van der Waals surface area (Å²) in [4.78, 5) is 31.9. The van der Waals surface area contributed by atoms with Gasteiger partial charge in [-0.2, -0.15) is 0 Å². The molecule has 6 aromatic heterocycles. The zero-order valence-corrected chi connectivity index (χ0v) is 43.5. The molecule has 60 heavy (non-hydrogen) atoms. The predicted octanol–water partition coefficient (Wildman–Crippen LogP) is 19.0. The minimum absolute atomic E-state index is 1.07. The third-order valence-corrected chi connectivity index (χ3v) is 23.6. The third kappa shape index (κ3) is 11.1. The summed E-state index contributed by atoms with van der Waals surface area (Å²) in [6.45, 7) is 9.13. The van der Waals surface area contributed by atoms with E-state index in [0.717, 1.165) is 25.7 Å². The molecule has 2 aliphatic heterocycles. The van der Waals surface area contributed by atoms with Gasteiger partial charge in [-0.15, -0.1) is 68.0 Å². The lowest BCUT2D eigenvalue weighted by molar-refractivity contribution is 0.662. The van der Waals surface area contributed by atoms with Gasteiger partial charge in [0.2, 0.25) is 0 Å². The van der Waals surface area contributed by atoms with Gasteiger partial charge < -0.3 is 0 Å². The first kappa shape index (κ1) is 45.6. The highest BCUT2D eigenvalue weighted by molar-refractivity contribution is 8.30. The Morgan fingerprint density at radius 2 is 0.583 bits per heavy atom. The van der Waals surface area contributed by atoms with E-state index in [1.54, 1.807) is 0 Å². The average molecular weight is 986 g/mol. The molecular weight excluding hydrogens is 929 g/mol. The monoisotopic (exact) mass is 984 g/mol. The number of nitrogens with zero attached hydrogens (tertiary/aromatic N) is 4. The lowest BCUT2D eigenvalue weighted by Crippen LogP contribution is -1.86. The molecule has 0 atom stereocenters. The summed E-state index contributed by atoms with van der Waals surface area (Å²) < 4.78 is 2.78. The van der Waals surface area contributed by atoms with Crippen LogP contribution in [0.4, 0.5) is 0 Å². The molecule has 4 nitrogen and oxygen atoms in total. The van der Waals surface area contributed by atoms with Gasteiger partial charge in [-0.25, -0.2) is 19.9 Å². The Kier molecular flexibility index (Phi) is 17.3. The Balaban J connectivity index is 1.10. The Morgan fingerprint density at radius 3 is 0.817 bits per heavy atom. The fraction of sp³-hybridized carbons (Fsp3) is 0.522. The molecule has 6 aromatic rings. The van der Waals surface area contributed by atoms with Crippen LogP contribution >= 0.6 is 115 Å².